The number of rotatable bonds is 12. The second-order valence-electron chi connectivity index (χ2n) is 8.45. The summed E-state index contributed by atoms with van der Waals surface area (Å²) in [6, 6.07) is 15.6. The molecule has 0 aromatic heterocycles. The molecule has 1 saturated carbocycles. The van der Waals surface area contributed by atoms with Gasteiger partial charge in [-0.15, -0.1) is 11.8 Å². The van der Waals surface area contributed by atoms with Gasteiger partial charge >= 0.3 is 11.9 Å². The fourth-order valence-corrected chi connectivity index (χ4v) is 4.99. The Balaban J connectivity index is 1.35. The van der Waals surface area contributed by atoms with Crippen molar-refractivity contribution in [1.29, 1.82) is 0 Å². The summed E-state index contributed by atoms with van der Waals surface area (Å²) >= 11 is 1.78. The van der Waals surface area contributed by atoms with E-state index in [1.165, 1.54) is 43.7 Å². The maximum atomic E-state index is 12.5. The van der Waals surface area contributed by atoms with Crippen molar-refractivity contribution in [2.75, 3.05) is 12.4 Å². The summed E-state index contributed by atoms with van der Waals surface area (Å²) in [4.78, 5) is 24.6. The number of ether oxygens (including phenoxy) is 2. The molecule has 0 spiro atoms. The Labute approximate surface area is 201 Å². The Kier molecular flexibility index (Phi) is 10.6. The van der Waals surface area contributed by atoms with Crippen molar-refractivity contribution in [1.82, 2.24) is 0 Å². The van der Waals surface area contributed by atoms with Crippen LogP contribution in [-0.2, 0) is 9.53 Å². The molecule has 0 heterocycles. The van der Waals surface area contributed by atoms with E-state index >= 15 is 0 Å². The van der Waals surface area contributed by atoms with Crippen LogP contribution in [0.1, 0.15) is 79.6 Å². The van der Waals surface area contributed by atoms with Gasteiger partial charge < -0.3 is 9.47 Å². The molecule has 0 unspecified atom stereocenters. The quantitative estimate of drug-likeness (QED) is 0.108. The van der Waals surface area contributed by atoms with Gasteiger partial charge in [-0.3, -0.25) is 0 Å². The summed E-state index contributed by atoms with van der Waals surface area (Å²) in [5.41, 5.74) is 1.91. The SMILES string of the molecule is C=CC(=O)OCCCCCCSc1ccc(C(=O)Oc2ccc(C3CCCCC3)cc2)cc1. The molecule has 0 radical (unpaired) electrons. The van der Waals surface area contributed by atoms with Crippen LogP contribution in [0.15, 0.2) is 66.1 Å². The van der Waals surface area contributed by atoms with E-state index in [2.05, 4.69) is 18.7 Å². The Morgan fingerprint density at radius 1 is 0.909 bits per heavy atom. The molecule has 0 saturated heterocycles. The van der Waals surface area contributed by atoms with Crippen LogP contribution in [0, 0.1) is 0 Å². The fraction of sp³-hybridized carbons (Fsp3) is 0.429. The number of carbonyl (C=O) groups excluding carboxylic acids is 2. The fourth-order valence-electron chi connectivity index (χ4n) is 4.08. The average Bonchev–Trinajstić information content (AvgIpc) is 2.86. The average molecular weight is 467 g/mol. The van der Waals surface area contributed by atoms with E-state index in [-0.39, 0.29) is 11.9 Å². The first-order chi connectivity index (χ1) is 16.2. The highest BCUT2D eigenvalue weighted by Gasteiger charge is 2.16. The second-order valence-corrected chi connectivity index (χ2v) is 9.62. The summed E-state index contributed by atoms with van der Waals surface area (Å²) in [5.74, 6) is 1.58. The van der Waals surface area contributed by atoms with Crippen molar-refractivity contribution in [2.45, 2.75) is 68.6 Å². The van der Waals surface area contributed by atoms with Crippen molar-refractivity contribution >= 4 is 23.7 Å². The molecule has 4 nitrogen and oxygen atoms in total. The Morgan fingerprint density at radius 3 is 2.30 bits per heavy atom. The van der Waals surface area contributed by atoms with Crippen molar-refractivity contribution in [2.24, 2.45) is 0 Å². The molecule has 33 heavy (non-hydrogen) atoms. The van der Waals surface area contributed by atoms with E-state index in [0.717, 1.165) is 36.3 Å². The third-order valence-electron chi connectivity index (χ3n) is 5.98. The van der Waals surface area contributed by atoms with Gasteiger partial charge in [0, 0.05) is 11.0 Å². The lowest BCUT2D eigenvalue weighted by Crippen LogP contribution is -2.09. The van der Waals surface area contributed by atoms with Gasteiger partial charge in [0.15, 0.2) is 0 Å². The van der Waals surface area contributed by atoms with Gasteiger partial charge in [0.2, 0.25) is 0 Å². The number of hydrogen-bond acceptors (Lipinski definition) is 5. The molecule has 0 bridgehead atoms. The van der Waals surface area contributed by atoms with Gasteiger partial charge in [-0.25, -0.2) is 9.59 Å². The van der Waals surface area contributed by atoms with Crippen molar-refractivity contribution in [3.8, 4) is 5.75 Å². The Morgan fingerprint density at radius 2 is 1.61 bits per heavy atom. The standard InChI is InChI=1S/C28H34O4S/c1-2-27(29)31-20-8-3-4-9-21-33-26-18-14-24(15-19-26)28(30)32-25-16-12-23(13-17-25)22-10-6-5-7-11-22/h2,12-19,22H,1,3-11,20-21H2. The van der Waals surface area contributed by atoms with Gasteiger partial charge in [-0.2, -0.15) is 0 Å². The van der Waals surface area contributed by atoms with Crippen molar-refractivity contribution < 1.29 is 19.1 Å². The number of thioether (sulfide) groups is 1. The first kappa shape index (κ1) is 25.1. The Bertz CT molecular complexity index is 883. The van der Waals surface area contributed by atoms with E-state index in [4.69, 9.17) is 9.47 Å². The molecular formula is C28H34O4S. The zero-order valence-corrected chi connectivity index (χ0v) is 20.1. The van der Waals surface area contributed by atoms with E-state index in [1.807, 2.05) is 36.4 Å². The van der Waals surface area contributed by atoms with Crippen LogP contribution >= 0.6 is 11.8 Å². The molecule has 0 N–H and O–H groups in total. The lowest BCUT2D eigenvalue weighted by Gasteiger charge is -2.22. The third-order valence-corrected chi connectivity index (χ3v) is 7.07. The largest absolute Gasteiger partial charge is 0.463 e. The van der Waals surface area contributed by atoms with Crippen LogP contribution in [0.4, 0.5) is 0 Å². The lowest BCUT2D eigenvalue weighted by molar-refractivity contribution is -0.137. The maximum absolute atomic E-state index is 12.5. The van der Waals surface area contributed by atoms with Gasteiger partial charge in [-0.1, -0.05) is 50.8 Å². The van der Waals surface area contributed by atoms with Crippen LogP contribution in [0.5, 0.6) is 5.75 Å². The molecule has 1 aliphatic carbocycles. The molecule has 2 aromatic carbocycles. The van der Waals surface area contributed by atoms with Crippen LogP contribution in [-0.4, -0.2) is 24.3 Å². The summed E-state index contributed by atoms with van der Waals surface area (Å²) in [6.45, 7) is 3.84. The normalized spacial score (nSPS) is 13.9. The van der Waals surface area contributed by atoms with Gasteiger partial charge in [0.05, 0.1) is 12.2 Å². The maximum Gasteiger partial charge on any atom is 0.343 e. The number of unbranched alkanes of at least 4 members (excludes halogenated alkanes) is 3. The molecule has 3 rings (SSSR count). The molecule has 1 aliphatic rings. The predicted molar refractivity (Wildman–Crippen MR) is 134 cm³/mol. The zero-order valence-electron chi connectivity index (χ0n) is 19.3. The van der Waals surface area contributed by atoms with Crippen molar-refractivity contribution in [3.05, 3.63) is 72.3 Å². The topological polar surface area (TPSA) is 52.6 Å². The summed E-state index contributed by atoms with van der Waals surface area (Å²) in [6.07, 6.45) is 11.8. The Hall–Kier alpha value is -2.53. The molecule has 2 aromatic rings. The van der Waals surface area contributed by atoms with Crippen LogP contribution in [0.3, 0.4) is 0 Å². The first-order valence-electron chi connectivity index (χ1n) is 12.0. The minimum absolute atomic E-state index is 0.325. The predicted octanol–water partition coefficient (Wildman–Crippen LogP) is 7.34. The van der Waals surface area contributed by atoms with E-state index < -0.39 is 0 Å². The van der Waals surface area contributed by atoms with Gasteiger partial charge in [0.25, 0.3) is 0 Å². The first-order valence-corrected chi connectivity index (χ1v) is 13.0. The zero-order chi connectivity index (χ0) is 23.3. The molecule has 0 amide bonds. The molecular weight excluding hydrogens is 432 g/mol. The summed E-state index contributed by atoms with van der Waals surface area (Å²) in [7, 11) is 0. The molecule has 5 heteroatoms. The van der Waals surface area contributed by atoms with Gasteiger partial charge in [-0.05, 0) is 79.3 Å². The molecule has 0 atom stereocenters. The smallest absolute Gasteiger partial charge is 0.343 e. The summed E-state index contributed by atoms with van der Waals surface area (Å²) < 4.78 is 10.5. The highest BCUT2D eigenvalue weighted by atomic mass is 32.2. The van der Waals surface area contributed by atoms with Crippen LogP contribution in [0.25, 0.3) is 0 Å². The minimum atomic E-state index is -0.356. The molecule has 1 fully saturated rings. The van der Waals surface area contributed by atoms with Gasteiger partial charge in [0.1, 0.15) is 5.75 Å². The third kappa shape index (κ3) is 8.73. The lowest BCUT2D eigenvalue weighted by atomic mass is 9.84. The number of hydrogen-bond donors (Lipinski definition) is 0. The molecule has 176 valence electrons. The van der Waals surface area contributed by atoms with E-state index in [1.54, 1.807) is 11.8 Å². The monoisotopic (exact) mass is 466 g/mol. The molecule has 0 aliphatic heterocycles. The second kappa shape index (κ2) is 13.9. The number of carbonyl (C=O) groups is 2. The number of esters is 2. The van der Waals surface area contributed by atoms with Crippen LogP contribution < -0.4 is 4.74 Å². The minimum Gasteiger partial charge on any atom is -0.463 e. The van der Waals surface area contributed by atoms with Crippen molar-refractivity contribution in [3.63, 3.8) is 0 Å². The van der Waals surface area contributed by atoms with E-state index in [0.29, 0.717) is 23.8 Å². The number of benzene rings is 2. The van der Waals surface area contributed by atoms with Crippen LogP contribution in [0.2, 0.25) is 0 Å². The highest BCUT2D eigenvalue weighted by molar-refractivity contribution is 7.99. The highest BCUT2D eigenvalue weighted by Crippen LogP contribution is 2.33. The van der Waals surface area contributed by atoms with E-state index in [9.17, 15) is 9.59 Å². The summed E-state index contributed by atoms with van der Waals surface area (Å²) in [5, 5.41) is 0.